The van der Waals surface area contributed by atoms with E-state index in [2.05, 4.69) is 107 Å². The Morgan fingerprint density at radius 1 is 0.416 bits per heavy atom. The van der Waals surface area contributed by atoms with E-state index < -0.39 is 0 Å². The highest BCUT2D eigenvalue weighted by Crippen LogP contribution is 2.45. The number of aryl methyl sites for hydroxylation is 5. The van der Waals surface area contributed by atoms with Gasteiger partial charge in [0.2, 0.25) is 23.6 Å². The summed E-state index contributed by atoms with van der Waals surface area (Å²) in [6, 6.07) is 30.5. The lowest BCUT2D eigenvalue weighted by Gasteiger charge is -2.30. The van der Waals surface area contributed by atoms with Gasteiger partial charge in [0.25, 0.3) is 0 Å². The zero-order valence-electron chi connectivity index (χ0n) is 79.3. The van der Waals surface area contributed by atoms with Gasteiger partial charge < -0.3 is 43.7 Å². The van der Waals surface area contributed by atoms with Crippen LogP contribution in [0.1, 0.15) is 177 Å². The quantitative estimate of drug-likeness (QED) is 0.112. The first kappa shape index (κ1) is 90.9. The van der Waals surface area contributed by atoms with Crippen LogP contribution in [0, 0.1) is 25.2 Å². The third-order valence-corrected chi connectivity index (χ3v) is 28.7. The second-order valence-electron chi connectivity index (χ2n) is 37.3. The highest BCUT2D eigenvalue weighted by Gasteiger charge is 2.38. The Kier molecular flexibility index (Phi) is 26.0. The molecular weight excluding hydrogens is 1730 g/mol. The van der Waals surface area contributed by atoms with E-state index in [9.17, 15) is 29.5 Å². The number of nitrogens with zero attached hydrogens (tertiary/aromatic N) is 23. The fourth-order valence-corrected chi connectivity index (χ4v) is 21.3. The van der Waals surface area contributed by atoms with Gasteiger partial charge in [-0.2, -0.15) is 41.0 Å². The van der Waals surface area contributed by atoms with E-state index in [1.165, 1.54) is 45.0 Å². The maximum atomic E-state index is 12.6. The van der Waals surface area contributed by atoms with E-state index in [1.54, 1.807) is 48.1 Å². The number of aromatic nitrogens is 18. The highest BCUT2D eigenvalue weighted by atomic mass is 16.5. The van der Waals surface area contributed by atoms with Crippen LogP contribution >= 0.6 is 0 Å². The molecule has 23 rings (SSSR count). The number of amides is 4. The monoisotopic (exact) mass is 1840 g/mol. The first-order chi connectivity index (χ1) is 66.7. The van der Waals surface area contributed by atoms with Crippen LogP contribution in [-0.2, 0) is 118 Å². The summed E-state index contributed by atoms with van der Waals surface area (Å²) in [5, 5.41) is 61.4. The lowest BCUT2D eigenvalue weighted by atomic mass is 9.94. The van der Waals surface area contributed by atoms with Crippen LogP contribution in [0.25, 0.3) is 122 Å². The Morgan fingerprint density at radius 3 is 1.22 bits per heavy atom. The summed E-state index contributed by atoms with van der Waals surface area (Å²) in [5.41, 5.74) is 26.3. The number of aliphatic hydroxyl groups excluding tert-OH is 1. The zero-order chi connectivity index (χ0) is 94.4. The van der Waals surface area contributed by atoms with Crippen LogP contribution in [0.4, 0.5) is 0 Å². The predicted octanol–water partition coefficient (Wildman–Crippen LogP) is 15.0. The Morgan fingerprint density at radius 2 is 0.810 bits per heavy atom. The van der Waals surface area contributed by atoms with E-state index in [1.807, 2.05) is 127 Å². The van der Waals surface area contributed by atoms with Gasteiger partial charge in [-0.05, 0) is 140 Å². The van der Waals surface area contributed by atoms with Gasteiger partial charge in [0, 0.05) is 329 Å². The molecule has 0 saturated carbocycles. The van der Waals surface area contributed by atoms with Gasteiger partial charge in [-0.1, -0.05) is 49.4 Å². The molecule has 19 heterocycles. The molecule has 4 fully saturated rings. The first-order valence-corrected chi connectivity index (χ1v) is 48.1. The van der Waals surface area contributed by atoms with Gasteiger partial charge in [0.1, 0.15) is 6.07 Å². The summed E-state index contributed by atoms with van der Waals surface area (Å²) >= 11 is 0. The Balaban J connectivity index is 0.000000113. The van der Waals surface area contributed by atoms with Crippen molar-refractivity contribution in [1.82, 2.24) is 108 Å². The van der Waals surface area contributed by atoms with Crippen LogP contribution in [0.5, 0.6) is 0 Å². The zero-order valence-corrected chi connectivity index (χ0v) is 79.3. The van der Waals surface area contributed by atoms with Crippen molar-refractivity contribution in [1.29, 1.82) is 5.26 Å². The topological polar surface area (TPSA) is 338 Å². The number of ether oxygens (including phenoxy) is 4. The number of aliphatic hydroxyl groups is 1. The minimum absolute atomic E-state index is 0.0340. The van der Waals surface area contributed by atoms with Gasteiger partial charge >= 0.3 is 0 Å². The third kappa shape index (κ3) is 18.1. The number of pyridine rings is 4. The number of hydrogen-bond donors (Lipinski definition) is 1. The number of benzene rings is 4. The molecule has 4 saturated heterocycles. The minimum Gasteiger partial charge on any atom is -0.392 e. The van der Waals surface area contributed by atoms with Crippen LogP contribution < -0.4 is 0 Å². The smallest absolute Gasteiger partial charge is 0.222 e. The highest BCUT2D eigenvalue weighted by molar-refractivity contribution is 6.02. The van der Waals surface area contributed by atoms with Crippen molar-refractivity contribution >= 4 is 66.7 Å². The van der Waals surface area contributed by atoms with Gasteiger partial charge in [0.15, 0.2) is 5.69 Å². The fourth-order valence-electron chi connectivity index (χ4n) is 21.3. The van der Waals surface area contributed by atoms with Gasteiger partial charge in [-0.3, -0.25) is 71.9 Å². The fraction of sp³-hybridized carbons (Fsp3) is 0.410. The minimum atomic E-state index is -0.0340. The molecule has 8 aliphatic rings. The number of carbonyl (C=O) groups is 4. The van der Waals surface area contributed by atoms with Crippen molar-refractivity contribution < 1.29 is 43.2 Å². The molecule has 704 valence electrons. The number of carbonyl (C=O) groups excluding carboxylic acids is 4. The van der Waals surface area contributed by atoms with E-state index in [-0.39, 0.29) is 30.2 Å². The molecule has 0 radical (unpaired) electrons. The van der Waals surface area contributed by atoms with Crippen molar-refractivity contribution in [3.63, 3.8) is 0 Å². The molecule has 32 heteroatoms. The van der Waals surface area contributed by atoms with Gasteiger partial charge in [-0.15, -0.1) is 0 Å². The lowest BCUT2D eigenvalue weighted by Crippen LogP contribution is -2.36. The number of rotatable bonds is 13. The maximum Gasteiger partial charge on any atom is 0.222 e. The van der Waals surface area contributed by atoms with Crippen molar-refractivity contribution in [3.05, 3.63) is 208 Å². The van der Waals surface area contributed by atoms with Crippen molar-refractivity contribution in [2.24, 2.45) is 21.1 Å². The molecule has 32 nitrogen and oxygen atoms in total. The second-order valence-corrected chi connectivity index (χ2v) is 37.3. The van der Waals surface area contributed by atoms with Crippen molar-refractivity contribution in [2.75, 3.05) is 79.0 Å². The largest absolute Gasteiger partial charge is 0.392 e. The Bertz CT molecular complexity index is 7180. The van der Waals surface area contributed by atoms with E-state index in [0.717, 1.165) is 277 Å². The molecule has 0 atom stereocenters. The Hall–Kier alpha value is -13.8. The predicted molar refractivity (Wildman–Crippen MR) is 519 cm³/mol. The van der Waals surface area contributed by atoms with Crippen LogP contribution in [0.15, 0.2) is 141 Å². The third-order valence-electron chi connectivity index (χ3n) is 28.7. The molecule has 1 N–H and O–H groups in total. The van der Waals surface area contributed by atoms with Gasteiger partial charge in [0.05, 0.1) is 88.6 Å². The summed E-state index contributed by atoms with van der Waals surface area (Å²) in [4.78, 5) is 75.6. The molecule has 15 aromatic rings. The van der Waals surface area contributed by atoms with E-state index in [0.29, 0.717) is 80.3 Å². The average Bonchev–Trinajstić information content (AvgIpc) is 1.63. The SMILES string of the molecule is CC(=O)N1CCc2c(c(-c3cc(CO)cc4ccncc34)nn2C2CCOCC2)C1.CC(=O)N1CCc2c(c(-c3ccc(C)c4cc(-c5cnn(C)c5)ncc34)nn2C2CCOCC2)C1.CC(=O)N1CCc2c(c(-c3cccc4cc(-c5cn(C)nc5C#N)ncc34)nn2C2CCOCC2)C1.CCC(=O)N1CCc2c(c(-c3ccc(C)c4cc(-c5cnn(C)c5)ncc34)nn2C2CCOCC2)C1. The molecule has 0 bridgehead atoms. The molecule has 0 aliphatic carbocycles. The molecule has 4 aromatic carbocycles. The number of nitriles is 1. The summed E-state index contributed by atoms with van der Waals surface area (Å²) in [6.07, 6.45) is 30.3. The number of hydrogen-bond acceptors (Lipinski definition) is 21. The average molecular weight is 1840 g/mol. The molecule has 11 aromatic heterocycles. The number of fused-ring (bicyclic) bond motifs is 8. The van der Waals surface area contributed by atoms with Crippen LogP contribution in [-0.4, -0.2) is 216 Å². The summed E-state index contributed by atoms with van der Waals surface area (Å²) in [7, 11) is 5.63. The standard InChI is InChI=1S/C28H32N6O2.C27H27N7O2.C27H30N6O2.C23H26N4O3/c1-4-27(35)33-10-7-26-24(17-33)28(31-34(26)20-8-11-36-12-9-20)21-6-5-18(2)22-13-25(29-15-23(21)22)19-14-30-32(3)16-19;1-17(35)33-9-6-26-23(16-33)27(31-34(26)19-7-10-36-11-8-19)20-5-3-4-18-12-24(29-14-21(18)20)22-15-32(2)30-25(22)13-28;1-17-4-5-21(23-14-28-25(12-22(17)23)19-13-29-31(3)15-19)27-24-16-32(18(2)34)9-6-26(24)33(30-27)20-7-10-35-11-8-20;1-15(29)26-7-3-22-21(13-26)23(25-27(22)18-4-8-30-9-5-18)19-11-16(14-28)10-17-2-6-24-12-20(17)19/h5-6,13-16,20H,4,7-12,17H2,1-3H3;3-5,12,14-15,19H,6-11,16H2,1-2H3;4-5,12-15,20H,6-11,16H2,1-3H3;2,6,10-12,18,28H,3-5,7-9,13-14H2,1H3. The molecule has 4 amide bonds. The Labute approximate surface area is 794 Å². The molecule has 0 spiro atoms. The van der Waals surface area contributed by atoms with E-state index in [4.69, 9.17) is 54.3 Å². The summed E-state index contributed by atoms with van der Waals surface area (Å²) < 4.78 is 36.5. The normalized spacial score (nSPS) is 16.6. The first-order valence-electron chi connectivity index (χ1n) is 48.1. The van der Waals surface area contributed by atoms with E-state index >= 15 is 0 Å². The molecule has 137 heavy (non-hydrogen) atoms. The van der Waals surface area contributed by atoms with Gasteiger partial charge in [-0.25, -0.2) is 0 Å². The van der Waals surface area contributed by atoms with Crippen LogP contribution in [0.2, 0.25) is 0 Å². The molecular formula is C105H115N23O9. The molecule has 0 unspecified atom stereocenters. The molecule has 8 aliphatic heterocycles. The van der Waals surface area contributed by atoms with Crippen molar-refractivity contribution in [3.8, 4) is 84.9 Å². The van der Waals surface area contributed by atoms with Crippen molar-refractivity contribution in [2.45, 2.75) is 182 Å². The second kappa shape index (κ2) is 39.1. The van der Waals surface area contributed by atoms with Crippen LogP contribution in [0.3, 0.4) is 0 Å². The summed E-state index contributed by atoms with van der Waals surface area (Å²) in [5.74, 6) is 0.472. The summed E-state index contributed by atoms with van der Waals surface area (Å²) in [6.45, 7) is 22.4. The maximum absolute atomic E-state index is 12.6. The lowest BCUT2D eigenvalue weighted by molar-refractivity contribution is -0.132.